The number of hydrogen-bond donors (Lipinski definition) is 1. The van der Waals surface area contributed by atoms with Crippen molar-refractivity contribution in [3.63, 3.8) is 0 Å². The summed E-state index contributed by atoms with van der Waals surface area (Å²) in [6, 6.07) is 19.2. The number of para-hydroxylation sites is 4. The van der Waals surface area contributed by atoms with E-state index in [0.29, 0.717) is 21.1 Å². The zero-order chi connectivity index (χ0) is 22.9. The average Bonchev–Trinajstić information content (AvgIpc) is 3.41. The number of fused-ring (bicyclic) bond motifs is 8. The Kier molecular flexibility index (Phi) is 3.41. The Morgan fingerprint density at radius 3 is 2.53 bits per heavy atom. The van der Waals surface area contributed by atoms with Gasteiger partial charge in [-0.15, -0.1) is 0 Å². The molecule has 2 aliphatic heterocycles. The molecule has 2 aliphatic rings. The number of hydrogen-bond acceptors (Lipinski definition) is 4. The van der Waals surface area contributed by atoms with Crippen molar-refractivity contribution < 1.29 is 4.79 Å². The van der Waals surface area contributed by atoms with Gasteiger partial charge >= 0.3 is 0 Å². The van der Waals surface area contributed by atoms with Crippen molar-refractivity contribution in [3.05, 3.63) is 91.1 Å². The number of rotatable bonds is 0. The summed E-state index contributed by atoms with van der Waals surface area (Å²) >= 11 is 7.44. The quantitative estimate of drug-likeness (QED) is 0.236. The van der Waals surface area contributed by atoms with Crippen LogP contribution >= 0.6 is 31.9 Å². The van der Waals surface area contributed by atoms with Crippen molar-refractivity contribution in [2.75, 3.05) is 10.2 Å². The molecule has 162 valence electrons. The second-order valence-electron chi connectivity index (χ2n) is 8.65. The molecular formula is C26H12Br2N4O2. The number of halogens is 2. The molecule has 0 bridgehead atoms. The first-order valence-corrected chi connectivity index (χ1v) is 12.3. The molecule has 1 atom stereocenters. The van der Waals surface area contributed by atoms with E-state index < -0.39 is 0 Å². The van der Waals surface area contributed by atoms with E-state index in [2.05, 4.69) is 37.2 Å². The molecule has 4 aromatic carbocycles. The van der Waals surface area contributed by atoms with Gasteiger partial charge in [0.2, 0.25) is 0 Å². The van der Waals surface area contributed by atoms with Gasteiger partial charge in [-0.05, 0) is 52.3 Å². The monoisotopic (exact) mass is 570 g/mol. The van der Waals surface area contributed by atoms with E-state index in [1.54, 1.807) is 15.4 Å². The van der Waals surface area contributed by atoms with E-state index in [1.165, 1.54) is 0 Å². The molecule has 34 heavy (non-hydrogen) atoms. The number of aromatic nitrogens is 2. The van der Waals surface area contributed by atoms with Gasteiger partial charge in [-0.1, -0.05) is 40.2 Å². The number of carbonyl (C=O) groups excluding carboxylic acids is 1. The third-order valence-corrected chi connectivity index (χ3v) is 8.28. The van der Waals surface area contributed by atoms with Crippen LogP contribution in [0, 0.1) is 0 Å². The van der Waals surface area contributed by atoms with Crippen LogP contribution in [0.4, 0.5) is 11.4 Å². The molecule has 8 heteroatoms. The normalized spacial score (nSPS) is 16.6. The van der Waals surface area contributed by atoms with Gasteiger partial charge in [0.25, 0.3) is 11.5 Å². The molecule has 4 heterocycles. The van der Waals surface area contributed by atoms with Crippen LogP contribution in [-0.4, -0.2) is 15.3 Å². The van der Waals surface area contributed by atoms with Crippen LogP contribution < -0.4 is 15.8 Å². The van der Waals surface area contributed by atoms with Crippen molar-refractivity contribution in [2.45, 2.75) is 6.17 Å². The summed E-state index contributed by atoms with van der Waals surface area (Å²) < 4.78 is 3.14. The zero-order valence-corrected chi connectivity index (χ0v) is 20.4. The lowest BCUT2D eigenvalue weighted by atomic mass is 9.89. The maximum absolute atomic E-state index is 13.9. The van der Waals surface area contributed by atoms with Crippen LogP contribution in [0.25, 0.3) is 38.2 Å². The number of anilines is 2. The van der Waals surface area contributed by atoms with Crippen molar-refractivity contribution in [1.29, 1.82) is 0 Å². The maximum atomic E-state index is 13.9. The lowest BCUT2D eigenvalue weighted by molar-refractivity contribution is 0.0979. The fourth-order valence-corrected chi connectivity index (χ4v) is 6.90. The third-order valence-electron chi connectivity index (χ3n) is 7.00. The summed E-state index contributed by atoms with van der Waals surface area (Å²) in [6.07, 6.45) is -0.376. The minimum Gasteiger partial charge on any atom is -0.359 e. The Hall–Kier alpha value is -3.49. The molecule has 0 saturated carbocycles. The van der Waals surface area contributed by atoms with Crippen molar-refractivity contribution in [3.8, 4) is 0 Å². The Labute approximate surface area is 208 Å². The Morgan fingerprint density at radius 1 is 0.882 bits per heavy atom. The number of nitrogens with one attached hydrogen (secondary N) is 1. The van der Waals surface area contributed by atoms with Crippen LogP contribution in [0.1, 0.15) is 22.1 Å². The van der Waals surface area contributed by atoms with E-state index in [4.69, 9.17) is 4.98 Å². The van der Waals surface area contributed by atoms with Gasteiger partial charge in [0.15, 0.2) is 0 Å². The molecule has 1 amide bonds. The lowest BCUT2D eigenvalue weighted by Crippen LogP contribution is -2.38. The number of carbonyl (C=O) groups is 1. The summed E-state index contributed by atoms with van der Waals surface area (Å²) in [5.41, 5.74) is 5.21. The smallest absolute Gasteiger partial charge is 0.264 e. The molecule has 0 saturated heterocycles. The second-order valence-corrected chi connectivity index (χ2v) is 10.4. The average molecular weight is 572 g/mol. The van der Waals surface area contributed by atoms with Crippen molar-refractivity contribution in [2.24, 2.45) is 0 Å². The molecule has 1 N–H and O–H groups in total. The standard InChI is InChI=1S/C26H12Br2N4O2/c27-13-9-11-19-12(25(33)31-17-7-3-1-5-15(17)29-23(11)31)10-14(28)21-22(19)20(13)24-30-16-6-2-4-8-18(16)32(24)26(21)34/h1-10,24,30H. The van der Waals surface area contributed by atoms with Crippen LogP contribution in [-0.2, 0) is 0 Å². The summed E-state index contributed by atoms with van der Waals surface area (Å²) in [4.78, 5) is 34.3. The summed E-state index contributed by atoms with van der Waals surface area (Å²) in [5, 5.41) is 6.46. The fraction of sp³-hybridized carbons (Fsp3) is 0.0385. The van der Waals surface area contributed by atoms with E-state index >= 15 is 0 Å². The van der Waals surface area contributed by atoms with Gasteiger partial charge in [0.1, 0.15) is 11.8 Å². The molecule has 0 fully saturated rings. The Balaban J connectivity index is 1.61. The minimum absolute atomic E-state index is 0.107. The van der Waals surface area contributed by atoms with E-state index in [-0.39, 0.29) is 17.6 Å². The SMILES string of the molecule is O=C1c2c(Br)cc3c(=O)n4c5ccccc5nc4c4cc(Br)c(c2c34)C2Nc3ccccc3N12. The Bertz CT molecular complexity index is 1980. The molecular weight excluding hydrogens is 560 g/mol. The van der Waals surface area contributed by atoms with Gasteiger partial charge in [-0.2, -0.15) is 0 Å². The summed E-state index contributed by atoms with van der Waals surface area (Å²) in [7, 11) is 0. The minimum atomic E-state index is -0.376. The van der Waals surface area contributed by atoms with Crippen LogP contribution in [0.15, 0.2) is 74.4 Å². The summed E-state index contributed by atoms with van der Waals surface area (Å²) in [5.74, 6) is -0.107. The van der Waals surface area contributed by atoms with Gasteiger partial charge in [-0.3, -0.25) is 18.9 Å². The first kappa shape index (κ1) is 18.9. The number of nitrogens with zero attached hydrogens (tertiary/aromatic N) is 3. The molecule has 0 radical (unpaired) electrons. The van der Waals surface area contributed by atoms with Gasteiger partial charge in [0, 0.05) is 30.7 Å². The first-order valence-electron chi connectivity index (χ1n) is 10.7. The highest BCUT2D eigenvalue weighted by Gasteiger charge is 2.43. The van der Waals surface area contributed by atoms with Gasteiger partial charge in [0.05, 0.1) is 33.4 Å². The molecule has 6 nitrogen and oxygen atoms in total. The first-order chi connectivity index (χ1) is 16.5. The third kappa shape index (κ3) is 2.05. The second kappa shape index (κ2) is 6.14. The zero-order valence-electron chi connectivity index (χ0n) is 17.3. The van der Waals surface area contributed by atoms with E-state index in [9.17, 15) is 9.59 Å². The molecule has 2 aromatic heterocycles. The molecule has 0 aliphatic carbocycles. The highest BCUT2D eigenvalue weighted by molar-refractivity contribution is 9.10. The highest BCUT2D eigenvalue weighted by Crippen LogP contribution is 2.52. The van der Waals surface area contributed by atoms with Crippen molar-refractivity contribution in [1.82, 2.24) is 9.38 Å². The maximum Gasteiger partial charge on any atom is 0.264 e. The van der Waals surface area contributed by atoms with Crippen LogP contribution in [0.3, 0.4) is 0 Å². The van der Waals surface area contributed by atoms with Crippen molar-refractivity contribution >= 4 is 87.4 Å². The number of amides is 1. The number of pyridine rings is 1. The molecule has 1 unspecified atom stereocenters. The topological polar surface area (TPSA) is 66.7 Å². The molecule has 8 rings (SSSR count). The molecule has 0 spiro atoms. The van der Waals surface area contributed by atoms with Gasteiger partial charge < -0.3 is 5.32 Å². The van der Waals surface area contributed by atoms with E-state index in [0.717, 1.165) is 48.6 Å². The predicted octanol–water partition coefficient (Wildman–Crippen LogP) is 6.20. The number of benzene rings is 4. The lowest BCUT2D eigenvalue weighted by Gasteiger charge is -2.33. The van der Waals surface area contributed by atoms with Crippen LogP contribution in [0.5, 0.6) is 0 Å². The van der Waals surface area contributed by atoms with E-state index in [1.807, 2.05) is 54.6 Å². The largest absolute Gasteiger partial charge is 0.359 e. The number of imidazole rings is 1. The predicted molar refractivity (Wildman–Crippen MR) is 140 cm³/mol. The summed E-state index contributed by atoms with van der Waals surface area (Å²) in [6.45, 7) is 0. The van der Waals surface area contributed by atoms with Crippen LogP contribution in [0.2, 0.25) is 0 Å². The highest BCUT2D eigenvalue weighted by atomic mass is 79.9. The molecule has 6 aromatic rings. The Morgan fingerprint density at radius 2 is 1.65 bits per heavy atom. The van der Waals surface area contributed by atoms with Gasteiger partial charge in [-0.25, -0.2) is 4.98 Å². The fourth-order valence-electron chi connectivity index (χ4n) is 5.65.